The van der Waals surface area contributed by atoms with Crippen LogP contribution in [0.5, 0.6) is 0 Å². The van der Waals surface area contributed by atoms with E-state index in [0.717, 1.165) is 57.1 Å². The lowest BCUT2D eigenvalue weighted by Gasteiger charge is -2.35. The first-order valence-electron chi connectivity index (χ1n) is 10.3. The Morgan fingerprint density at radius 2 is 2.08 bits per heavy atom. The molecule has 1 aromatic rings. The second kappa shape index (κ2) is 7.67. The zero-order valence-electron chi connectivity index (χ0n) is 16.0. The van der Waals surface area contributed by atoms with Crippen LogP contribution >= 0.6 is 0 Å². The van der Waals surface area contributed by atoms with Crippen LogP contribution in [0.3, 0.4) is 0 Å². The van der Waals surface area contributed by atoms with E-state index < -0.39 is 0 Å². The highest BCUT2D eigenvalue weighted by Gasteiger charge is 2.34. The van der Waals surface area contributed by atoms with Gasteiger partial charge in [-0.1, -0.05) is 19.0 Å². The Labute approximate surface area is 155 Å². The first-order valence-corrected chi connectivity index (χ1v) is 10.3. The summed E-state index contributed by atoms with van der Waals surface area (Å²) in [6.07, 6.45) is 7.36. The third-order valence-corrected chi connectivity index (χ3v) is 6.15. The lowest BCUT2D eigenvalue weighted by Crippen LogP contribution is -2.41. The van der Waals surface area contributed by atoms with E-state index >= 15 is 0 Å². The normalized spacial score (nSPS) is 30.0. The molecule has 4 rings (SSSR count). The Morgan fingerprint density at radius 3 is 2.85 bits per heavy atom. The van der Waals surface area contributed by atoms with Crippen molar-refractivity contribution in [2.45, 2.75) is 76.7 Å². The Kier molecular flexibility index (Phi) is 5.30. The molecule has 3 heterocycles. The van der Waals surface area contributed by atoms with Crippen molar-refractivity contribution in [3.63, 3.8) is 0 Å². The van der Waals surface area contributed by atoms with Crippen molar-refractivity contribution >= 4 is 5.91 Å². The zero-order valence-corrected chi connectivity index (χ0v) is 16.0. The van der Waals surface area contributed by atoms with E-state index in [4.69, 9.17) is 9.26 Å². The van der Waals surface area contributed by atoms with Gasteiger partial charge in [-0.2, -0.15) is 4.98 Å². The van der Waals surface area contributed by atoms with Gasteiger partial charge in [-0.3, -0.25) is 4.79 Å². The Morgan fingerprint density at radius 1 is 1.23 bits per heavy atom. The number of nitrogens with zero attached hydrogens (tertiary/aromatic N) is 3. The summed E-state index contributed by atoms with van der Waals surface area (Å²) in [6, 6.07) is 0. The summed E-state index contributed by atoms with van der Waals surface area (Å²) < 4.78 is 11.3. The standard InChI is InChI=1S/C20H31N3O3/c1-13(2)17-10-14(7-9-25-17)11-18(24)23-8-3-4-16(12-23)19-21-20(26-22-19)15-5-6-15/h13-17H,3-12H2,1-2H3. The van der Waals surface area contributed by atoms with Crippen LogP contribution in [0.4, 0.5) is 0 Å². The van der Waals surface area contributed by atoms with Crippen molar-refractivity contribution in [3.8, 4) is 0 Å². The molecule has 3 unspecified atom stereocenters. The highest BCUT2D eigenvalue weighted by atomic mass is 16.5. The molecule has 144 valence electrons. The number of rotatable bonds is 5. The molecular weight excluding hydrogens is 330 g/mol. The van der Waals surface area contributed by atoms with Crippen LogP contribution in [0.1, 0.15) is 82.3 Å². The van der Waals surface area contributed by atoms with E-state index in [0.29, 0.717) is 30.3 Å². The average molecular weight is 361 g/mol. The highest BCUT2D eigenvalue weighted by Crippen LogP contribution is 2.39. The zero-order chi connectivity index (χ0) is 18.1. The van der Waals surface area contributed by atoms with Gasteiger partial charge in [0, 0.05) is 38.0 Å². The van der Waals surface area contributed by atoms with Gasteiger partial charge in [-0.05, 0) is 50.4 Å². The van der Waals surface area contributed by atoms with Gasteiger partial charge in [0.1, 0.15) is 0 Å². The molecule has 2 aliphatic heterocycles. The second-order valence-electron chi connectivity index (χ2n) is 8.69. The van der Waals surface area contributed by atoms with Crippen molar-refractivity contribution in [2.75, 3.05) is 19.7 Å². The molecule has 3 atom stereocenters. The number of amides is 1. The number of carbonyl (C=O) groups is 1. The SMILES string of the molecule is CC(C)C1CC(CC(=O)N2CCCC(c3noc(C4CC4)n3)C2)CCO1. The summed E-state index contributed by atoms with van der Waals surface area (Å²) >= 11 is 0. The average Bonchev–Trinajstić information content (AvgIpc) is 3.39. The third kappa shape index (κ3) is 4.11. The Hall–Kier alpha value is -1.43. The van der Waals surface area contributed by atoms with Crippen molar-refractivity contribution < 1.29 is 14.1 Å². The first-order chi connectivity index (χ1) is 12.6. The molecule has 1 saturated carbocycles. The van der Waals surface area contributed by atoms with Gasteiger partial charge < -0.3 is 14.2 Å². The van der Waals surface area contributed by atoms with E-state index in [1.807, 2.05) is 4.90 Å². The van der Waals surface area contributed by atoms with Crippen molar-refractivity contribution in [1.82, 2.24) is 15.0 Å². The summed E-state index contributed by atoms with van der Waals surface area (Å²) in [7, 11) is 0. The van der Waals surface area contributed by atoms with Gasteiger partial charge in [0.2, 0.25) is 11.8 Å². The molecule has 0 N–H and O–H groups in total. The molecule has 6 nitrogen and oxygen atoms in total. The summed E-state index contributed by atoms with van der Waals surface area (Å²) in [6.45, 7) is 6.78. The van der Waals surface area contributed by atoms with Crippen LogP contribution in [-0.4, -0.2) is 46.7 Å². The van der Waals surface area contributed by atoms with Gasteiger partial charge in [0.15, 0.2) is 5.82 Å². The van der Waals surface area contributed by atoms with Crippen LogP contribution in [0.25, 0.3) is 0 Å². The minimum absolute atomic E-state index is 0.224. The topological polar surface area (TPSA) is 68.5 Å². The molecule has 0 radical (unpaired) electrons. The molecule has 0 bridgehead atoms. The fraction of sp³-hybridized carbons (Fsp3) is 0.850. The molecule has 26 heavy (non-hydrogen) atoms. The lowest BCUT2D eigenvalue weighted by molar-refractivity contribution is -0.135. The molecule has 0 spiro atoms. The summed E-state index contributed by atoms with van der Waals surface area (Å²) in [5.74, 6) is 3.57. The van der Waals surface area contributed by atoms with Crippen LogP contribution in [0, 0.1) is 11.8 Å². The fourth-order valence-electron chi connectivity index (χ4n) is 4.25. The Balaban J connectivity index is 1.32. The predicted octanol–water partition coefficient (Wildman–Crippen LogP) is 3.49. The maximum absolute atomic E-state index is 12.9. The molecule has 3 aliphatic rings. The first kappa shape index (κ1) is 18.0. The smallest absolute Gasteiger partial charge is 0.229 e. The van der Waals surface area contributed by atoms with Crippen molar-refractivity contribution in [3.05, 3.63) is 11.7 Å². The van der Waals surface area contributed by atoms with Gasteiger partial charge in [-0.25, -0.2) is 0 Å². The minimum Gasteiger partial charge on any atom is -0.378 e. The maximum atomic E-state index is 12.9. The quantitative estimate of drug-likeness (QED) is 0.803. The van der Waals surface area contributed by atoms with Gasteiger partial charge in [0.05, 0.1) is 6.10 Å². The number of ether oxygens (including phenoxy) is 1. The molecule has 1 aliphatic carbocycles. The van der Waals surface area contributed by atoms with Crippen LogP contribution in [0.15, 0.2) is 4.52 Å². The van der Waals surface area contributed by atoms with Gasteiger partial charge >= 0.3 is 0 Å². The van der Waals surface area contributed by atoms with Crippen LogP contribution in [0.2, 0.25) is 0 Å². The van der Waals surface area contributed by atoms with Crippen molar-refractivity contribution in [2.24, 2.45) is 11.8 Å². The van der Waals surface area contributed by atoms with E-state index in [1.54, 1.807) is 0 Å². The minimum atomic E-state index is 0.224. The maximum Gasteiger partial charge on any atom is 0.229 e. The number of hydrogen-bond donors (Lipinski definition) is 0. The van der Waals surface area contributed by atoms with E-state index in [1.165, 1.54) is 12.8 Å². The third-order valence-electron chi connectivity index (χ3n) is 6.15. The fourth-order valence-corrected chi connectivity index (χ4v) is 4.25. The molecule has 3 fully saturated rings. The number of aromatic nitrogens is 2. The second-order valence-corrected chi connectivity index (χ2v) is 8.69. The van der Waals surface area contributed by atoms with Gasteiger partial charge in [-0.15, -0.1) is 0 Å². The molecule has 6 heteroatoms. The van der Waals surface area contributed by atoms with E-state index in [-0.39, 0.29) is 11.8 Å². The Bertz CT molecular complexity index is 626. The van der Waals surface area contributed by atoms with E-state index in [9.17, 15) is 4.79 Å². The lowest BCUT2D eigenvalue weighted by atomic mass is 9.87. The molecular formula is C20H31N3O3. The molecule has 1 aromatic heterocycles. The highest BCUT2D eigenvalue weighted by molar-refractivity contribution is 5.76. The number of likely N-dealkylation sites (tertiary alicyclic amines) is 1. The summed E-state index contributed by atoms with van der Waals surface area (Å²) in [4.78, 5) is 19.5. The van der Waals surface area contributed by atoms with Gasteiger partial charge in [0.25, 0.3) is 0 Å². The van der Waals surface area contributed by atoms with Crippen LogP contribution < -0.4 is 0 Å². The van der Waals surface area contributed by atoms with E-state index in [2.05, 4.69) is 24.0 Å². The number of carbonyl (C=O) groups excluding carboxylic acids is 1. The summed E-state index contributed by atoms with van der Waals surface area (Å²) in [5.41, 5.74) is 0. The number of piperidine rings is 1. The summed E-state index contributed by atoms with van der Waals surface area (Å²) in [5, 5.41) is 4.20. The molecule has 0 aromatic carbocycles. The van der Waals surface area contributed by atoms with Crippen LogP contribution in [-0.2, 0) is 9.53 Å². The molecule has 1 amide bonds. The predicted molar refractivity (Wildman–Crippen MR) is 96.7 cm³/mol. The number of hydrogen-bond acceptors (Lipinski definition) is 5. The molecule has 2 saturated heterocycles. The monoisotopic (exact) mass is 361 g/mol. The van der Waals surface area contributed by atoms with Crippen molar-refractivity contribution in [1.29, 1.82) is 0 Å². The largest absolute Gasteiger partial charge is 0.378 e.